The number of methoxy groups -OCH3 is 2. The minimum atomic E-state index is -0.277. The molecule has 0 spiro atoms. The van der Waals surface area contributed by atoms with Crippen molar-refractivity contribution >= 4 is 15.9 Å². The molecule has 0 aliphatic rings. The number of halogens is 2. The molecule has 22 heavy (non-hydrogen) atoms. The highest BCUT2D eigenvalue weighted by molar-refractivity contribution is 9.10. The lowest BCUT2D eigenvalue weighted by Gasteiger charge is -2.12. The van der Waals surface area contributed by atoms with Crippen molar-refractivity contribution in [3.8, 4) is 11.5 Å². The minimum Gasteiger partial charge on any atom is -0.496 e. The Morgan fingerprint density at radius 1 is 1.05 bits per heavy atom. The second kappa shape index (κ2) is 8.15. The Balaban J connectivity index is 1.93. The summed E-state index contributed by atoms with van der Waals surface area (Å²) < 4.78 is 24.6. The first-order chi connectivity index (χ1) is 10.7. The standard InChI is InChI=1S/C17H19BrFNO2/c1-21-16-6-4-3-5-13(16)11-20-8-7-12-9-15(19)14(18)10-17(12)22-2/h3-6,9-10,20H,7-8,11H2,1-2H3/i19-1. The molecule has 0 unspecified atom stereocenters. The van der Waals surface area contributed by atoms with Crippen LogP contribution in [-0.2, 0) is 13.0 Å². The largest absolute Gasteiger partial charge is 0.496 e. The van der Waals surface area contributed by atoms with Crippen molar-refractivity contribution in [1.82, 2.24) is 5.32 Å². The predicted molar refractivity (Wildman–Crippen MR) is 89.1 cm³/mol. The number of hydrogen-bond donors (Lipinski definition) is 1. The van der Waals surface area contributed by atoms with Gasteiger partial charge in [-0.3, -0.25) is 0 Å². The Hall–Kier alpha value is -1.59. The van der Waals surface area contributed by atoms with Gasteiger partial charge >= 0.3 is 0 Å². The molecular formula is C17H19BrFNO2. The van der Waals surface area contributed by atoms with Gasteiger partial charge in [0.15, 0.2) is 0 Å². The Morgan fingerprint density at radius 3 is 2.50 bits per heavy atom. The minimum absolute atomic E-state index is 0.277. The SMILES string of the molecule is COc1cc(Br)c([18F])cc1CCNCc1ccccc1OC. The van der Waals surface area contributed by atoms with Crippen LogP contribution in [0.4, 0.5) is 4.39 Å². The second-order valence-corrected chi connectivity index (χ2v) is 5.67. The maximum atomic E-state index is 13.6. The van der Waals surface area contributed by atoms with Crippen molar-refractivity contribution in [3.63, 3.8) is 0 Å². The third-order valence-corrected chi connectivity index (χ3v) is 4.01. The Bertz CT molecular complexity index is 634. The molecule has 5 heteroatoms. The molecule has 0 fully saturated rings. The lowest BCUT2D eigenvalue weighted by molar-refractivity contribution is 0.405. The molecule has 0 bridgehead atoms. The van der Waals surface area contributed by atoms with Crippen molar-refractivity contribution in [1.29, 1.82) is 0 Å². The third-order valence-electron chi connectivity index (χ3n) is 3.40. The predicted octanol–water partition coefficient (Wildman–Crippen LogP) is 3.94. The highest BCUT2D eigenvalue weighted by Gasteiger charge is 2.09. The van der Waals surface area contributed by atoms with Gasteiger partial charge < -0.3 is 14.8 Å². The number of para-hydroxylation sites is 1. The van der Waals surface area contributed by atoms with Crippen molar-refractivity contribution in [3.05, 3.63) is 57.8 Å². The van der Waals surface area contributed by atoms with Gasteiger partial charge in [0.25, 0.3) is 0 Å². The first-order valence-electron chi connectivity index (χ1n) is 7.00. The van der Waals surface area contributed by atoms with Crippen molar-refractivity contribution in [2.75, 3.05) is 20.8 Å². The lowest BCUT2D eigenvalue weighted by Crippen LogP contribution is -2.17. The normalized spacial score (nSPS) is 10.5. The molecule has 2 aromatic rings. The Kier molecular flexibility index (Phi) is 6.21. The summed E-state index contributed by atoms with van der Waals surface area (Å²) in [6, 6.07) is 11.0. The number of nitrogens with one attached hydrogen (secondary N) is 1. The van der Waals surface area contributed by atoms with Crippen LogP contribution in [0.1, 0.15) is 11.1 Å². The van der Waals surface area contributed by atoms with E-state index in [0.717, 1.165) is 23.4 Å². The van der Waals surface area contributed by atoms with E-state index in [2.05, 4.69) is 21.2 Å². The van der Waals surface area contributed by atoms with Gasteiger partial charge in [-0.05, 0) is 52.7 Å². The second-order valence-electron chi connectivity index (χ2n) is 4.82. The highest BCUT2D eigenvalue weighted by Crippen LogP contribution is 2.26. The van der Waals surface area contributed by atoms with E-state index in [-0.39, 0.29) is 5.82 Å². The Morgan fingerprint density at radius 2 is 1.77 bits per heavy atom. The fraction of sp³-hybridized carbons (Fsp3) is 0.294. The number of hydrogen-bond acceptors (Lipinski definition) is 3. The maximum Gasteiger partial charge on any atom is 0.137 e. The molecule has 0 atom stereocenters. The Labute approximate surface area is 138 Å². The van der Waals surface area contributed by atoms with Gasteiger partial charge in [-0.1, -0.05) is 18.2 Å². The van der Waals surface area contributed by atoms with Gasteiger partial charge in [0.1, 0.15) is 17.3 Å². The summed E-state index contributed by atoms with van der Waals surface area (Å²) in [6.07, 6.45) is 0.683. The van der Waals surface area contributed by atoms with Crippen LogP contribution >= 0.6 is 15.9 Å². The molecule has 2 rings (SSSR count). The average Bonchev–Trinajstić information content (AvgIpc) is 2.54. The van der Waals surface area contributed by atoms with Crippen LogP contribution < -0.4 is 14.8 Å². The molecule has 0 saturated heterocycles. The van der Waals surface area contributed by atoms with Crippen LogP contribution in [0.5, 0.6) is 11.5 Å². The van der Waals surface area contributed by atoms with Crippen LogP contribution in [0.3, 0.4) is 0 Å². The lowest BCUT2D eigenvalue weighted by atomic mass is 10.1. The van der Waals surface area contributed by atoms with Crippen molar-refractivity contribution in [2.45, 2.75) is 13.0 Å². The molecule has 0 aromatic heterocycles. The third kappa shape index (κ3) is 4.21. The molecule has 1 N–H and O–H groups in total. The summed E-state index contributed by atoms with van der Waals surface area (Å²) in [6.45, 7) is 1.42. The highest BCUT2D eigenvalue weighted by atomic mass is 79.9. The van der Waals surface area contributed by atoms with E-state index >= 15 is 0 Å². The zero-order valence-corrected chi connectivity index (χ0v) is 14.2. The molecule has 0 amide bonds. The van der Waals surface area contributed by atoms with Gasteiger partial charge in [0.05, 0.1) is 18.7 Å². The first kappa shape index (κ1) is 16.8. The maximum absolute atomic E-state index is 13.6. The molecule has 3 nitrogen and oxygen atoms in total. The van der Waals surface area contributed by atoms with Crippen LogP contribution in [0, 0.1) is 5.82 Å². The van der Waals surface area contributed by atoms with Gasteiger partial charge in [-0.15, -0.1) is 0 Å². The van der Waals surface area contributed by atoms with Gasteiger partial charge in [0.2, 0.25) is 0 Å². The van der Waals surface area contributed by atoms with E-state index in [4.69, 9.17) is 9.47 Å². The molecular weight excluding hydrogens is 348 g/mol. The zero-order valence-electron chi connectivity index (χ0n) is 12.7. The van der Waals surface area contributed by atoms with E-state index < -0.39 is 0 Å². The van der Waals surface area contributed by atoms with Gasteiger partial charge in [0, 0.05) is 12.1 Å². The monoisotopic (exact) mass is 366 g/mol. The fourth-order valence-corrected chi connectivity index (χ4v) is 2.57. The molecule has 0 aliphatic carbocycles. The van der Waals surface area contributed by atoms with Crippen LogP contribution in [0.2, 0.25) is 0 Å². The summed E-state index contributed by atoms with van der Waals surface area (Å²) in [7, 11) is 3.25. The van der Waals surface area contributed by atoms with Crippen molar-refractivity contribution < 1.29 is 13.9 Å². The van der Waals surface area contributed by atoms with E-state index in [1.165, 1.54) is 6.07 Å². The quantitative estimate of drug-likeness (QED) is 0.752. The first-order valence-corrected chi connectivity index (χ1v) is 7.79. The number of ether oxygens (including phenoxy) is 2. The average molecular weight is 367 g/mol. The molecule has 2 aromatic carbocycles. The molecule has 0 radical (unpaired) electrons. The molecule has 0 saturated carbocycles. The van der Waals surface area contributed by atoms with Crippen molar-refractivity contribution in [2.24, 2.45) is 0 Å². The summed E-state index contributed by atoms with van der Waals surface area (Å²) in [4.78, 5) is 0. The van der Waals surface area contributed by atoms with Crippen LogP contribution in [-0.4, -0.2) is 20.8 Å². The van der Waals surface area contributed by atoms with Gasteiger partial charge in [-0.25, -0.2) is 4.39 Å². The van der Waals surface area contributed by atoms with Gasteiger partial charge in [-0.2, -0.15) is 0 Å². The molecule has 0 aliphatic heterocycles. The fourth-order valence-electron chi connectivity index (χ4n) is 2.25. The smallest absolute Gasteiger partial charge is 0.137 e. The summed E-state index contributed by atoms with van der Waals surface area (Å²) >= 11 is 3.16. The van der Waals surface area contributed by atoms with E-state index in [1.807, 2.05) is 24.3 Å². The molecule has 118 valence electrons. The van der Waals surface area contributed by atoms with Crippen LogP contribution in [0.15, 0.2) is 40.9 Å². The van der Waals surface area contributed by atoms with E-state index in [1.54, 1.807) is 20.3 Å². The number of benzene rings is 2. The summed E-state index contributed by atoms with van der Waals surface area (Å²) in [5, 5.41) is 3.34. The summed E-state index contributed by atoms with van der Waals surface area (Å²) in [5.74, 6) is 1.27. The topological polar surface area (TPSA) is 30.5 Å². The number of rotatable bonds is 7. The molecule has 0 heterocycles. The summed E-state index contributed by atoms with van der Waals surface area (Å²) in [5.41, 5.74) is 1.94. The van der Waals surface area contributed by atoms with Crippen LogP contribution in [0.25, 0.3) is 0 Å². The zero-order chi connectivity index (χ0) is 15.9. The van der Waals surface area contributed by atoms with E-state index in [0.29, 0.717) is 23.2 Å². The van der Waals surface area contributed by atoms with E-state index in [9.17, 15) is 4.39 Å².